The summed E-state index contributed by atoms with van der Waals surface area (Å²) in [6.45, 7) is 0.833. The first-order chi connectivity index (χ1) is 9.21. The predicted octanol–water partition coefficient (Wildman–Crippen LogP) is 2.26. The summed E-state index contributed by atoms with van der Waals surface area (Å²) in [4.78, 5) is 14.1. The number of ether oxygens (including phenoxy) is 2. The molecule has 2 aliphatic heterocycles. The van der Waals surface area contributed by atoms with Crippen molar-refractivity contribution in [3.63, 3.8) is 0 Å². The van der Waals surface area contributed by atoms with Crippen LogP contribution in [0.4, 0.5) is 5.69 Å². The minimum atomic E-state index is 0.210. The molecule has 1 aromatic carbocycles. The van der Waals surface area contributed by atoms with Crippen molar-refractivity contribution in [1.29, 1.82) is 0 Å². The second-order valence-electron chi connectivity index (χ2n) is 5.32. The number of nitrogens with zero attached hydrogens (tertiary/aromatic N) is 1. The van der Waals surface area contributed by atoms with Crippen molar-refractivity contribution in [3.8, 4) is 11.5 Å². The third-order valence-electron chi connectivity index (χ3n) is 4.27. The number of ketones is 1. The molecule has 19 heavy (non-hydrogen) atoms. The zero-order valence-corrected chi connectivity index (χ0v) is 11.4. The molecule has 1 aliphatic carbocycles. The zero-order valence-electron chi connectivity index (χ0n) is 11.4. The molecule has 3 fully saturated rings. The lowest BCUT2D eigenvalue weighted by atomic mass is 9.78. The molecule has 3 aliphatic rings. The normalized spacial score (nSPS) is 25.6. The molecule has 0 N–H and O–H groups in total. The Morgan fingerprint density at radius 2 is 1.79 bits per heavy atom. The van der Waals surface area contributed by atoms with E-state index in [4.69, 9.17) is 9.47 Å². The first-order valence-electron chi connectivity index (χ1n) is 6.73. The van der Waals surface area contributed by atoms with E-state index >= 15 is 0 Å². The zero-order chi connectivity index (χ0) is 13.4. The van der Waals surface area contributed by atoms with Crippen molar-refractivity contribution < 1.29 is 14.3 Å². The monoisotopic (exact) mass is 261 g/mol. The number of methoxy groups -OCH3 is 2. The molecule has 0 amide bonds. The molecule has 2 atom stereocenters. The Morgan fingerprint density at radius 1 is 1.11 bits per heavy atom. The number of anilines is 1. The molecule has 0 aromatic heterocycles. The van der Waals surface area contributed by atoms with Gasteiger partial charge in [0.25, 0.3) is 0 Å². The third kappa shape index (κ3) is 2.15. The van der Waals surface area contributed by atoms with Gasteiger partial charge in [-0.25, -0.2) is 0 Å². The molecule has 1 saturated carbocycles. The molecule has 2 unspecified atom stereocenters. The number of hydrogen-bond acceptors (Lipinski definition) is 4. The molecular weight excluding hydrogens is 242 g/mol. The van der Waals surface area contributed by atoms with Crippen LogP contribution in [0.15, 0.2) is 18.2 Å². The lowest BCUT2D eigenvalue weighted by Gasteiger charge is -2.45. The number of Topliss-reactive ketones (excluding diaryl/α,β-unsaturated/α-hetero) is 1. The second-order valence-corrected chi connectivity index (χ2v) is 5.32. The van der Waals surface area contributed by atoms with Gasteiger partial charge >= 0.3 is 0 Å². The fourth-order valence-corrected chi connectivity index (χ4v) is 3.18. The highest BCUT2D eigenvalue weighted by molar-refractivity contribution is 5.85. The number of carbonyl (C=O) groups excluding carboxylic acids is 1. The van der Waals surface area contributed by atoms with Crippen molar-refractivity contribution >= 4 is 11.5 Å². The molecule has 4 rings (SSSR count). The molecule has 0 spiro atoms. The number of hydrogen-bond donors (Lipinski definition) is 0. The summed E-state index contributed by atoms with van der Waals surface area (Å²) in [6.07, 6.45) is 2.83. The largest absolute Gasteiger partial charge is 0.497 e. The molecule has 2 saturated heterocycles. The maximum atomic E-state index is 11.8. The lowest BCUT2D eigenvalue weighted by Crippen LogP contribution is -2.52. The summed E-state index contributed by atoms with van der Waals surface area (Å²) in [5.41, 5.74) is 1.10. The van der Waals surface area contributed by atoms with Gasteiger partial charge in [0, 0.05) is 48.8 Å². The Morgan fingerprint density at radius 3 is 2.26 bits per heavy atom. The van der Waals surface area contributed by atoms with E-state index in [2.05, 4.69) is 4.90 Å². The summed E-state index contributed by atoms with van der Waals surface area (Å²) in [5.74, 6) is 2.23. The molecule has 4 heteroatoms. The summed E-state index contributed by atoms with van der Waals surface area (Å²) in [7, 11) is 3.31. The van der Waals surface area contributed by atoms with Crippen molar-refractivity contribution in [1.82, 2.24) is 0 Å². The predicted molar refractivity (Wildman–Crippen MR) is 73.0 cm³/mol. The molecular formula is C15H19NO3. The average Bonchev–Trinajstić information content (AvgIpc) is 2.47. The van der Waals surface area contributed by atoms with Crippen molar-refractivity contribution in [3.05, 3.63) is 18.2 Å². The van der Waals surface area contributed by atoms with Gasteiger partial charge in [-0.1, -0.05) is 0 Å². The van der Waals surface area contributed by atoms with Crippen LogP contribution in [-0.2, 0) is 4.79 Å². The van der Waals surface area contributed by atoms with Crippen LogP contribution in [0.1, 0.15) is 19.3 Å². The lowest BCUT2D eigenvalue weighted by molar-refractivity contribution is -0.126. The van der Waals surface area contributed by atoms with Crippen molar-refractivity contribution in [2.45, 2.75) is 25.3 Å². The highest BCUT2D eigenvalue weighted by atomic mass is 16.5. The van der Waals surface area contributed by atoms with Crippen LogP contribution in [-0.4, -0.2) is 32.6 Å². The Labute approximate surface area is 113 Å². The Kier molecular flexibility index (Phi) is 3.09. The molecule has 2 bridgehead atoms. The summed E-state index contributed by atoms with van der Waals surface area (Å²) in [5, 5.41) is 0. The maximum Gasteiger partial charge on any atom is 0.139 e. The van der Waals surface area contributed by atoms with Gasteiger partial charge in [0.15, 0.2) is 0 Å². The first kappa shape index (κ1) is 12.3. The molecule has 102 valence electrons. The van der Waals surface area contributed by atoms with E-state index in [9.17, 15) is 4.79 Å². The highest BCUT2D eigenvalue weighted by Crippen LogP contribution is 2.38. The SMILES string of the molecule is COc1cc(OC)cc(N2CC3CCC2CC3=O)c1. The minimum Gasteiger partial charge on any atom is -0.497 e. The van der Waals surface area contributed by atoms with E-state index in [-0.39, 0.29) is 5.92 Å². The van der Waals surface area contributed by atoms with Gasteiger partial charge in [-0.2, -0.15) is 0 Å². The Bertz CT molecular complexity index is 478. The van der Waals surface area contributed by atoms with Crippen LogP contribution in [0.25, 0.3) is 0 Å². The van der Waals surface area contributed by atoms with E-state index in [0.717, 1.165) is 36.6 Å². The van der Waals surface area contributed by atoms with Gasteiger partial charge in [0.05, 0.1) is 14.2 Å². The highest BCUT2D eigenvalue weighted by Gasteiger charge is 2.39. The van der Waals surface area contributed by atoms with Gasteiger partial charge in [-0.15, -0.1) is 0 Å². The number of piperidine rings is 2. The molecule has 4 nitrogen and oxygen atoms in total. The van der Waals surface area contributed by atoms with Crippen LogP contribution >= 0.6 is 0 Å². The quantitative estimate of drug-likeness (QED) is 0.836. The van der Waals surface area contributed by atoms with E-state index in [1.54, 1.807) is 14.2 Å². The van der Waals surface area contributed by atoms with Gasteiger partial charge in [0.2, 0.25) is 0 Å². The number of carbonyl (C=O) groups is 1. The smallest absolute Gasteiger partial charge is 0.139 e. The number of rotatable bonds is 3. The van der Waals surface area contributed by atoms with E-state index in [0.29, 0.717) is 18.2 Å². The maximum absolute atomic E-state index is 11.8. The van der Waals surface area contributed by atoms with Gasteiger partial charge in [-0.05, 0) is 12.8 Å². The van der Waals surface area contributed by atoms with Crippen LogP contribution in [0.5, 0.6) is 11.5 Å². The Balaban J connectivity index is 1.92. The third-order valence-corrected chi connectivity index (χ3v) is 4.27. The van der Waals surface area contributed by atoms with E-state index < -0.39 is 0 Å². The van der Waals surface area contributed by atoms with Crippen LogP contribution in [0.3, 0.4) is 0 Å². The van der Waals surface area contributed by atoms with Gasteiger partial charge < -0.3 is 14.4 Å². The van der Waals surface area contributed by atoms with Crippen LogP contribution in [0, 0.1) is 5.92 Å². The minimum absolute atomic E-state index is 0.210. The fourth-order valence-electron chi connectivity index (χ4n) is 3.18. The number of benzene rings is 1. The standard InChI is InChI=1S/C15H19NO3/c1-18-13-5-12(6-14(8-13)19-2)16-9-10-3-4-11(16)7-15(10)17/h5-6,8,10-11H,3-4,7,9H2,1-2H3. The Hall–Kier alpha value is -1.71. The topological polar surface area (TPSA) is 38.8 Å². The summed E-state index contributed by atoms with van der Waals surface area (Å²) >= 11 is 0. The molecule has 0 radical (unpaired) electrons. The summed E-state index contributed by atoms with van der Waals surface area (Å²) in [6, 6.07) is 6.26. The van der Waals surface area contributed by atoms with Gasteiger partial charge in [-0.3, -0.25) is 4.79 Å². The van der Waals surface area contributed by atoms with Crippen molar-refractivity contribution in [2.24, 2.45) is 5.92 Å². The molecule has 2 heterocycles. The van der Waals surface area contributed by atoms with E-state index in [1.165, 1.54) is 0 Å². The molecule has 1 aromatic rings. The summed E-state index contributed by atoms with van der Waals surface area (Å²) < 4.78 is 10.6. The second kappa shape index (κ2) is 4.76. The average molecular weight is 261 g/mol. The van der Waals surface area contributed by atoms with Gasteiger partial charge in [0.1, 0.15) is 17.3 Å². The number of fused-ring (bicyclic) bond motifs is 3. The first-order valence-corrected chi connectivity index (χ1v) is 6.73. The fraction of sp³-hybridized carbons (Fsp3) is 0.533. The van der Waals surface area contributed by atoms with Crippen molar-refractivity contribution in [2.75, 3.05) is 25.7 Å². The van der Waals surface area contributed by atoms with Crippen LogP contribution in [0.2, 0.25) is 0 Å². The van der Waals surface area contributed by atoms with E-state index in [1.807, 2.05) is 18.2 Å². The van der Waals surface area contributed by atoms with Crippen LogP contribution < -0.4 is 14.4 Å².